The summed E-state index contributed by atoms with van der Waals surface area (Å²) in [5.41, 5.74) is 2.93. The van der Waals surface area contributed by atoms with E-state index in [1.54, 1.807) is 17.4 Å². The minimum Gasteiger partial charge on any atom is -0.472 e. The molecule has 1 amide bonds. The van der Waals surface area contributed by atoms with Crippen molar-refractivity contribution in [1.29, 1.82) is 0 Å². The summed E-state index contributed by atoms with van der Waals surface area (Å²) >= 11 is 1.56. The van der Waals surface area contributed by atoms with Gasteiger partial charge >= 0.3 is 0 Å². The summed E-state index contributed by atoms with van der Waals surface area (Å²) in [5, 5.41) is 3.52. The molecule has 0 aliphatic carbocycles. The van der Waals surface area contributed by atoms with Crippen LogP contribution in [0.5, 0.6) is 0 Å². The van der Waals surface area contributed by atoms with Gasteiger partial charge in [-0.05, 0) is 11.6 Å². The lowest BCUT2D eigenvalue weighted by Crippen LogP contribution is -2.29. The number of furan rings is 1. The molecule has 5 nitrogen and oxygen atoms in total. The maximum atomic E-state index is 12.1. The summed E-state index contributed by atoms with van der Waals surface area (Å²) in [7, 11) is 0. The Bertz CT molecular complexity index is 827. The highest BCUT2D eigenvalue weighted by molar-refractivity contribution is 7.15. The van der Waals surface area contributed by atoms with Crippen LogP contribution < -0.4 is 5.32 Å². The smallest absolute Gasteiger partial charge is 0.260 e. The minimum absolute atomic E-state index is 0.184. The molecular formula is C18H17N3O2S. The molecule has 24 heavy (non-hydrogen) atoms. The van der Waals surface area contributed by atoms with Gasteiger partial charge in [0.05, 0.1) is 17.5 Å². The van der Waals surface area contributed by atoms with Crippen LogP contribution in [0.4, 0.5) is 5.13 Å². The number of fused-ring (bicyclic) bond motifs is 1. The Kier molecular flexibility index (Phi) is 4.15. The number of nitrogens with one attached hydrogen (secondary N) is 1. The van der Waals surface area contributed by atoms with Gasteiger partial charge in [0, 0.05) is 30.9 Å². The van der Waals surface area contributed by atoms with Crippen LogP contribution in [0.25, 0.3) is 0 Å². The Balaban J connectivity index is 1.43. The Morgan fingerprint density at radius 2 is 2.17 bits per heavy atom. The molecule has 4 rings (SSSR count). The lowest BCUT2D eigenvalue weighted by atomic mass is 10.1. The van der Waals surface area contributed by atoms with E-state index in [4.69, 9.17) is 4.42 Å². The summed E-state index contributed by atoms with van der Waals surface area (Å²) in [6, 6.07) is 12.1. The average Bonchev–Trinajstić information content (AvgIpc) is 3.24. The number of aromatic nitrogens is 1. The number of hydrogen-bond donors (Lipinski definition) is 1. The molecule has 3 aromatic rings. The number of carbonyl (C=O) groups is 1. The zero-order valence-electron chi connectivity index (χ0n) is 13.1. The lowest BCUT2D eigenvalue weighted by molar-refractivity contribution is 0.102. The van der Waals surface area contributed by atoms with E-state index >= 15 is 0 Å². The largest absolute Gasteiger partial charge is 0.472 e. The number of hydrogen-bond acceptors (Lipinski definition) is 5. The molecule has 0 spiro atoms. The van der Waals surface area contributed by atoms with E-state index in [9.17, 15) is 4.79 Å². The molecule has 1 aliphatic rings. The maximum absolute atomic E-state index is 12.1. The van der Waals surface area contributed by atoms with Crippen molar-refractivity contribution in [1.82, 2.24) is 9.88 Å². The molecule has 0 atom stereocenters. The number of amides is 1. The summed E-state index contributed by atoms with van der Waals surface area (Å²) < 4.78 is 4.94. The summed E-state index contributed by atoms with van der Waals surface area (Å²) in [6.45, 7) is 2.80. The quantitative estimate of drug-likeness (QED) is 0.790. The van der Waals surface area contributed by atoms with Crippen molar-refractivity contribution in [3.05, 3.63) is 70.6 Å². The van der Waals surface area contributed by atoms with Crippen molar-refractivity contribution in [2.75, 3.05) is 11.9 Å². The second-order valence-corrected chi connectivity index (χ2v) is 6.88. The van der Waals surface area contributed by atoms with E-state index in [1.807, 2.05) is 6.07 Å². The van der Waals surface area contributed by atoms with Gasteiger partial charge in [-0.25, -0.2) is 4.98 Å². The fourth-order valence-electron chi connectivity index (χ4n) is 2.84. The fourth-order valence-corrected chi connectivity index (χ4v) is 3.89. The van der Waals surface area contributed by atoms with Gasteiger partial charge in [0.2, 0.25) is 0 Å². The van der Waals surface area contributed by atoms with Gasteiger partial charge in [-0.3, -0.25) is 15.0 Å². The van der Waals surface area contributed by atoms with Crippen LogP contribution in [0.2, 0.25) is 0 Å². The highest BCUT2D eigenvalue weighted by Gasteiger charge is 2.21. The highest BCUT2D eigenvalue weighted by Crippen LogP contribution is 2.29. The van der Waals surface area contributed by atoms with E-state index in [-0.39, 0.29) is 5.91 Å². The van der Waals surface area contributed by atoms with Gasteiger partial charge in [-0.15, -0.1) is 11.3 Å². The first-order chi connectivity index (χ1) is 11.8. The molecule has 0 saturated heterocycles. The number of anilines is 1. The Morgan fingerprint density at radius 1 is 1.29 bits per heavy atom. The molecular weight excluding hydrogens is 322 g/mol. The molecule has 0 saturated carbocycles. The first-order valence-electron chi connectivity index (χ1n) is 7.86. The van der Waals surface area contributed by atoms with Gasteiger partial charge < -0.3 is 4.42 Å². The summed E-state index contributed by atoms with van der Waals surface area (Å²) in [4.78, 5) is 20.3. The Labute approximate surface area is 143 Å². The Hall–Kier alpha value is -2.44. The first kappa shape index (κ1) is 15.1. The number of benzene rings is 1. The van der Waals surface area contributed by atoms with Crippen LogP contribution in [-0.2, 0) is 19.5 Å². The van der Waals surface area contributed by atoms with Crippen molar-refractivity contribution in [2.45, 2.75) is 19.5 Å². The highest BCUT2D eigenvalue weighted by atomic mass is 32.1. The number of rotatable bonds is 4. The van der Waals surface area contributed by atoms with Gasteiger partial charge in [0.15, 0.2) is 5.13 Å². The zero-order chi connectivity index (χ0) is 16.4. The molecule has 1 aromatic carbocycles. The minimum atomic E-state index is -0.184. The van der Waals surface area contributed by atoms with E-state index < -0.39 is 0 Å². The van der Waals surface area contributed by atoms with E-state index in [1.165, 1.54) is 23.0 Å². The zero-order valence-corrected chi connectivity index (χ0v) is 13.9. The molecule has 0 unspecified atom stereocenters. The molecule has 3 heterocycles. The number of carbonyl (C=O) groups excluding carboxylic acids is 1. The second-order valence-electron chi connectivity index (χ2n) is 5.80. The third-order valence-corrected chi connectivity index (χ3v) is 5.06. The fraction of sp³-hybridized carbons (Fsp3) is 0.222. The summed E-state index contributed by atoms with van der Waals surface area (Å²) in [5.74, 6) is -0.184. The van der Waals surface area contributed by atoms with Crippen molar-refractivity contribution < 1.29 is 9.21 Å². The van der Waals surface area contributed by atoms with Crippen molar-refractivity contribution >= 4 is 22.4 Å². The predicted molar refractivity (Wildman–Crippen MR) is 93.0 cm³/mol. The number of nitrogens with zero attached hydrogens (tertiary/aromatic N) is 2. The molecule has 0 bridgehead atoms. The van der Waals surface area contributed by atoms with Crippen LogP contribution in [0, 0.1) is 0 Å². The van der Waals surface area contributed by atoms with E-state index in [0.717, 1.165) is 31.7 Å². The van der Waals surface area contributed by atoms with Crippen LogP contribution in [-0.4, -0.2) is 22.3 Å². The molecule has 6 heteroatoms. The molecule has 2 aromatic heterocycles. The Morgan fingerprint density at radius 3 is 2.96 bits per heavy atom. The van der Waals surface area contributed by atoms with Crippen LogP contribution in [0.3, 0.4) is 0 Å². The van der Waals surface area contributed by atoms with Crippen molar-refractivity contribution in [3.8, 4) is 0 Å². The lowest BCUT2D eigenvalue weighted by Gasteiger charge is -2.25. The SMILES string of the molecule is O=C(Nc1nc2c(s1)CN(Cc1ccccc1)CC2)c1ccoc1. The first-order valence-corrected chi connectivity index (χ1v) is 8.68. The maximum Gasteiger partial charge on any atom is 0.260 e. The van der Waals surface area contributed by atoms with Crippen LogP contribution in [0.1, 0.15) is 26.5 Å². The van der Waals surface area contributed by atoms with Crippen LogP contribution in [0.15, 0.2) is 53.3 Å². The van der Waals surface area contributed by atoms with Crippen molar-refractivity contribution in [2.24, 2.45) is 0 Å². The second kappa shape index (κ2) is 6.59. The van der Waals surface area contributed by atoms with Gasteiger partial charge in [-0.1, -0.05) is 30.3 Å². The normalized spacial score (nSPS) is 14.3. The summed E-state index contributed by atoms with van der Waals surface area (Å²) in [6.07, 6.45) is 3.84. The van der Waals surface area contributed by atoms with Gasteiger partial charge in [0.1, 0.15) is 6.26 Å². The van der Waals surface area contributed by atoms with Gasteiger partial charge in [-0.2, -0.15) is 0 Å². The average molecular weight is 339 g/mol. The topological polar surface area (TPSA) is 58.4 Å². The third-order valence-electron chi connectivity index (χ3n) is 4.06. The molecule has 0 fully saturated rings. The molecule has 1 aliphatic heterocycles. The van der Waals surface area contributed by atoms with Gasteiger partial charge in [0.25, 0.3) is 5.91 Å². The van der Waals surface area contributed by atoms with E-state index in [0.29, 0.717) is 10.7 Å². The standard InChI is InChI=1S/C18H17N3O2S/c22-17(14-7-9-23-12-14)20-18-19-15-6-8-21(11-16(15)24-18)10-13-4-2-1-3-5-13/h1-5,7,9,12H,6,8,10-11H2,(H,19,20,22). The molecule has 1 N–H and O–H groups in total. The third kappa shape index (κ3) is 3.25. The monoisotopic (exact) mass is 339 g/mol. The van der Waals surface area contributed by atoms with Crippen molar-refractivity contribution in [3.63, 3.8) is 0 Å². The number of thiazole rings is 1. The molecule has 122 valence electrons. The predicted octanol–water partition coefficient (Wildman–Crippen LogP) is 3.55. The van der Waals surface area contributed by atoms with Crippen LogP contribution >= 0.6 is 11.3 Å². The molecule has 0 radical (unpaired) electrons. The van der Waals surface area contributed by atoms with E-state index in [2.05, 4.69) is 39.5 Å².